The summed E-state index contributed by atoms with van der Waals surface area (Å²) in [5, 5.41) is 14.8. The van der Waals surface area contributed by atoms with Crippen LogP contribution in [0.3, 0.4) is 0 Å². The first-order chi connectivity index (χ1) is 17.5. The molecule has 0 aliphatic rings. The second-order valence-electron chi connectivity index (χ2n) is 9.56. The summed E-state index contributed by atoms with van der Waals surface area (Å²) in [5.41, 5.74) is 11.5. The summed E-state index contributed by atoms with van der Waals surface area (Å²) in [6.45, 7) is 6.59. The number of hydrogen-bond acceptors (Lipinski definition) is 1. The average Bonchev–Trinajstić information content (AvgIpc) is 2.88. The molecule has 0 aliphatic heterocycles. The largest absolute Gasteiger partial charge is 0.872 e. The molecule has 2 nitrogen and oxygen atoms in total. The molecule has 0 saturated heterocycles. The number of rotatable bonds is 3. The Morgan fingerprint density at radius 2 is 1.08 bits per heavy atom. The van der Waals surface area contributed by atoms with Crippen LogP contribution in [0.5, 0.6) is 5.75 Å². The topological polar surface area (TPSA) is 26.9 Å². The van der Waals surface area contributed by atoms with Gasteiger partial charge >= 0.3 is 0 Å². The number of para-hydroxylation sites is 3. The predicted molar refractivity (Wildman–Crippen MR) is 148 cm³/mol. The quantitative estimate of drug-likeness (QED) is 0.195. The molecular weight excluding hydrogens is 438 g/mol. The lowest BCUT2D eigenvalue weighted by atomic mass is 9.88. The fraction of sp³-hybridized carbons (Fsp3) is 0.0882. The molecule has 5 aromatic carbocycles. The zero-order chi connectivity index (χ0) is 24.8. The molecule has 0 fully saturated rings. The molecule has 2 heteroatoms. The van der Waals surface area contributed by atoms with Crippen LogP contribution in [-0.4, -0.2) is 0 Å². The van der Waals surface area contributed by atoms with Crippen molar-refractivity contribution < 1.29 is 9.67 Å². The van der Waals surface area contributed by atoms with E-state index < -0.39 is 0 Å². The standard InChI is InChI=1S/C34H27NO/c1-22-20-23(2)33(24(3)21-22)34-28-11-4-7-13-30(28)35(31-14-8-5-12-29(31)34)26-18-16-25(17-19-26)27-10-6-9-15-32(27)36/h4-21H,1-3H3. The molecule has 0 spiro atoms. The lowest BCUT2D eigenvalue weighted by molar-refractivity contribution is -0.537. The van der Waals surface area contributed by atoms with Crippen molar-refractivity contribution in [1.29, 1.82) is 0 Å². The van der Waals surface area contributed by atoms with Crippen molar-refractivity contribution in [3.8, 4) is 33.7 Å². The van der Waals surface area contributed by atoms with Crippen LogP contribution in [0.4, 0.5) is 0 Å². The van der Waals surface area contributed by atoms with Crippen LogP contribution in [0.15, 0.2) is 109 Å². The Bertz CT molecular complexity index is 1680. The van der Waals surface area contributed by atoms with E-state index in [9.17, 15) is 5.11 Å². The molecule has 0 amide bonds. The van der Waals surface area contributed by atoms with Crippen molar-refractivity contribution in [2.45, 2.75) is 20.8 Å². The number of aromatic nitrogens is 1. The Labute approximate surface area is 211 Å². The molecule has 0 atom stereocenters. The molecule has 174 valence electrons. The molecule has 0 radical (unpaired) electrons. The van der Waals surface area contributed by atoms with Gasteiger partial charge in [-0.15, -0.1) is 5.75 Å². The minimum absolute atomic E-state index is 0.0435. The van der Waals surface area contributed by atoms with Gasteiger partial charge in [0.25, 0.3) is 0 Å². The van der Waals surface area contributed by atoms with Crippen molar-refractivity contribution in [2.24, 2.45) is 0 Å². The van der Waals surface area contributed by atoms with Crippen LogP contribution in [0.2, 0.25) is 0 Å². The fourth-order valence-electron chi connectivity index (χ4n) is 5.65. The Hall–Kier alpha value is -4.43. The van der Waals surface area contributed by atoms with E-state index in [-0.39, 0.29) is 5.75 Å². The average molecular weight is 466 g/mol. The van der Waals surface area contributed by atoms with Gasteiger partial charge in [-0.1, -0.05) is 66.2 Å². The highest BCUT2D eigenvalue weighted by Gasteiger charge is 2.24. The Morgan fingerprint density at radius 1 is 0.556 bits per heavy atom. The van der Waals surface area contributed by atoms with E-state index in [0.29, 0.717) is 0 Å². The summed E-state index contributed by atoms with van der Waals surface area (Å²) in [6, 6.07) is 37.4. The Balaban J connectivity index is 1.66. The molecule has 0 bridgehead atoms. The lowest BCUT2D eigenvalue weighted by Gasteiger charge is -2.17. The number of pyridine rings is 1. The molecule has 1 heterocycles. The molecule has 0 saturated carbocycles. The van der Waals surface area contributed by atoms with Gasteiger partial charge in [0.05, 0.1) is 10.8 Å². The number of fused-ring (bicyclic) bond motifs is 2. The van der Waals surface area contributed by atoms with Gasteiger partial charge in [0.2, 0.25) is 16.7 Å². The van der Waals surface area contributed by atoms with E-state index in [1.54, 1.807) is 12.1 Å². The zero-order valence-electron chi connectivity index (χ0n) is 20.7. The summed E-state index contributed by atoms with van der Waals surface area (Å²) in [6.07, 6.45) is 0. The first-order valence-electron chi connectivity index (χ1n) is 12.3. The number of hydrogen-bond donors (Lipinski definition) is 0. The second-order valence-corrected chi connectivity index (χ2v) is 9.56. The van der Waals surface area contributed by atoms with Gasteiger partial charge in [-0.05, 0) is 72.9 Å². The van der Waals surface area contributed by atoms with Crippen LogP contribution in [0, 0.1) is 20.8 Å². The molecule has 1 aromatic heterocycles. The summed E-state index contributed by atoms with van der Waals surface area (Å²) in [7, 11) is 0. The highest BCUT2D eigenvalue weighted by atomic mass is 16.3. The molecule has 0 aliphatic carbocycles. The number of nitrogens with zero attached hydrogens (tertiary/aromatic N) is 1. The molecule has 36 heavy (non-hydrogen) atoms. The number of aryl methyl sites for hydroxylation is 3. The van der Waals surface area contributed by atoms with Gasteiger partial charge in [0.15, 0.2) is 0 Å². The monoisotopic (exact) mass is 465 g/mol. The van der Waals surface area contributed by atoms with Crippen molar-refractivity contribution in [2.75, 3.05) is 0 Å². The van der Waals surface area contributed by atoms with Gasteiger partial charge in [0.1, 0.15) is 0 Å². The minimum atomic E-state index is 0.0435. The maximum Gasteiger partial charge on any atom is 0.219 e. The Morgan fingerprint density at radius 3 is 1.67 bits per heavy atom. The van der Waals surface area contributed by atoms with Crippen molar-refractivity contribution in [1.82, 2.24) is 0 Å². The van der Waals surface area contributed by atoms with E-state index in [0.717, 1.165) is 27.8 Å². The van der Waals surface area contributed by atoms with Gasteiger partial charge in [0, 0.05) is 29.8 Å². The second kappa shape index (κ2) is 8.66. The normalized spacial score (nSPS) is 11.3. The predicted octanol–water partition coefficient (Wildman–Crippen LogP) is 7.60. The van der Waals surface area contributed by atoms with E-state index in [1.807, 2.05) is 24.3 Å². The maximum absolute atomic E-state index is 12.4. The van der Waals surface area contributed by atoms with Gasteiger partial charge < -0.3 is 5.11 Å². The van der Waals surface area contributed by atoms with Crippen LogP contribution < -0.4 is 9.67 Å². The summed E-state index contributed by atoms with van der Waals surface area (Å²) in [5.74, 6) is 0.0435. The highest BCUT2D eigenvalue weighted by Crippen LogP contribution is 2.38. The van der Waals surface area contributed by atoms with Gasteiger partial charge in [-0.2, -0.15) is 4.57 Å². The molecule has 0 unspecified atom stereocenters. The molecule has 6 rings (SSSR count). The maximum atomic E-state index is 12.4. The van der Waals surface area contributed by atoms with Crippen LogP contribution >= 0.6 is 0 Å². The van der Waals surface area contributed by atoms with Crippen LogP contribution in [0.1, 0.15) is 16.7 Å². The van der Waals surface area contributed by atoms with Gasteiger partial charge in [-0.25, -0.2) is 0 Å². The third-order valence-electron chi connectivity index (χ3n) is 7.08. The molecule has 6 aromatic rings. The van der Waals surface area contributed by atoms with E-state index >= 15 is 0 Å². The van der Waals surface area contributed by atoms with E-state index in [1.165, 1.54) is 38.6 Å². The van der Waals surface area contributed by atoms with E-state index in [2.05, 4.69) is 98.1 Å². The summed E-state index contributed by atoms with van der Waals surface area (Å²) in [4.78, 5) is 0. The molecular formula is C34H27NO. The highest BCUT2D eigenvalue weighted by molar-refractivity contribution is 6.08. The van der Waals surface area contributed by atoms with E-state index in [4.69, 9.17) is 0 Å². The van der Waals surface area contributed by atoms with Crippen molar-refractivity contribution in [3.05, 3.63) is 126 Å². The fourth-order valence-corrected chi connectivity index (χ4v) is 5.65. The smallest absolute Gasteiger partial charge is 0.219 e. The number of benzene rings is 5. The SMILES string of the molecule is Cc1cc(C)c(-c2c3ccccc3[n+](-c3ccc(-c4ccccc4[O-])cc3)c3ccccc23)c(C)c1. The summed E-state index contributed by atoms with van der Waals surface area (Å²) < 4.78 is 2.33. The third-order valence-corrected chi connectivity index (χ3v) is 7.08. The van der Waals surface area contributed by atoms with Crippen molar-refractivity contribution >= 4 is 21.8 Å². The lowest BCUT2D eigenvalue weighted by Crippen LogP contribution is -2.33. The van der Waals surface area contributed by atoms with Crippen LogP contribution in [-0.2, 0) is 0 Å². The zero-order valence-corrected chi connectivity index (χ0v) is 20.7. The summed E-state index contributed by atoms with van der Waals surface area (Å²) >= 11 is 0. The van der Waals surface area contributed by atoms with Crippen LogP contribution in [0.25, 0.3) is 49.7 Å². The Kier molecular flexibility index (Phi) is 5.30. The third kappa shape index (κ3) is 3.54. The van der Waals surface area contributed by atoms with Gasteiger partial charge in [-0.3, -0.25) is 0 Å². The molecule has 0 N–H and O–H groups in total. The first kappa shape index (κ1) is 22.1. The first-order valence-corrected chi connectivity index (χ1v) is 12.3. The van der Waals surface area contributed by atoms with Crippen molar-refractivity contribution in [3.63, 3.8) is 0 Å². The minimum Gasteiger partial charge on any atom is -0.872 e.